The molecule has 4 heterocycles. The van der Waals surface area contributed by atoms with Crippen molar-refractivity contribution in [2.24, 2.45) is 0 Å². The van der Waals surface area contributed by atoms with E-state index in [2.05, 4.69) is 27.4 Å². The van der Waals surface area contributed by atoms with E-state index < -0.39 is 0 Å². The summed E-state index contributed by atoms with van der Waals surface area (Å²) in [6.45, 7) is 2.78. The van der Waals surface area contributed by atoms with Crippen LogP contribution in [0.2, 0.25) is 0 Å². The summed E-state index contributed by atoms with van der Waals surface area (Å²) in [5, 5.41) is 0.725. The second kappa shape index (κ2) is 5.97. The summed E-state index contributed by atoms with van der Waals surface area (Å²) in [5.41, 5.74) is 2.11. The van der Waals surface area contributed by atoms with Crippen LogP contribution in [0.15, 0.2) is 18.3 Å². The number of aromatic nitrogens is 3. The van der Waals surface area contributed by atoms with Crippen molar-refractivity contribution in [1.29, 1.82) is 0 Å². The lowest BCUT2D eigenvalue weighted by Crippen LogP contribution is -2.20. The molecule has 5 heteroatoms. The van der Waals surface area contributed by atoms with E-state index in [-0.39, 0.29) is 0 Å². The van der Waals surface area contributed by atoms with E-state index >= 15 is 0 Å². The summed E-state index contributed by atoms with van der Waals surface area (Å²) < 4.78 is 7.91. The summed E-state index contributed by atoms with van der Waals surface area (Å²) in [4.78, 5) is 9.51. The fraction of sp³-hybridized carbons (Fsp3) is 0.625. The average Bonchev–Trinajstić information content (AvgIpc) is 3.17. The first kappa shape index (κ1) is 13.6. The molecule has 2 aliphatic heterocycles. The van der Waals surface area contributed by atoms with Gasteiger partial charge in [0, 0.05) is 37.1 Å². The first-order valence-electron chi connectivity index (χ1n) is 7.92. The molecule has 0 N–H and O–H groups in total. The van der Waals surface area contributed by atoms with Crippen LogP contribution in [0.3, 0.4) is 0 Å². The molecule has 1 unspecified atom stereocenters. The van der Waals surface area contributed by atoms with Gasteiger partial charge in [-0.05, 0) is 43.6 Å². The van der Waals surface area contributed by atoms with E-state index in [9.17, 15) is 0 Å². The molecule has 2 saturated heterocycles. The zero-order valence-corrected chi connectivity index (χ0v) is 13.0. The number of hydrogen-bond donors (Lipinski definition) is 0. The average molecular weight is 303 g/mol. The van der Waals surface area contributed by atoms with Crippen LogP contribution >= 0.6 is 11.8 Å². The number of thioether (sulfide) groups is 1. The van der Waals surface area contributed by atoms with Crippen LogP contribution in [0.4, 0.5) is 0 Å². The summed E-state index contributed by atoms with van der Waals surface area (Å²) in [5.74, 6) is 3.07. The molecule has 112 valence electrons. The second-order valence-electron chi connectivity index (χ2n) is 5.95. The Labute approximate surface area is 129 Å². The molecule has 0 radical (unpaired) electrons. The van der Waals surface area contributed by atoms with Crippen LogP contribution in [0.1, 0.15) is 37.4 Å². The summed E-state index contributed by atoms with van der Waals surface area (Å²) in [6.07, 6.45) is 6.73. The van der Waals surface area contributed by atoms with Gasteiger partial charge in [-0.15, -0.1) is 0 Å². The van der Waals surface area contributed by atoms with Crippen molar-refractivity contribution in [3.05, 3.63) is 24.2 Å². The summed E-state index contributed by atoms with van der Waals surface area (Å²) in [7, 11) is 0. The zero-order valence-electron chi connectivity index (χ0n) is 12.2. The molecule has 4 nitrogen and oxygen atoms in total. The quantitative estimate of drug-likeness (QED) is 0.873. The van der Waals surface area contributed by atoms with Gasteiger partial charge >= 0.3 is 0 Å². The van der Waals surface area contributed by atoms with E-state index in [1.807, 2.05) is 12.3 Å². The Morgan fingerprint density at radius 3 is 3.00 bits per heavy atom. The molecule has 2 aromatic heterocycles. The first-order valence-corrected chi connectivity index (χ1v) is 8.97. The minimum absolute atomic E-state index is 0.527. The Hall–Kier alpha value is -1.07. The molecule has 0 amide bonds. The van der Waals surface area contributed by atoms with Crippen molar-refractivity contribution in [2.75, 3.05) is 19.0 Å². The van der Waals surface area contributed by atoms with Crippen molar-refractivity contribution in [3.8, 4) is 0 Å². The molecule has 0 aromatic carbocycles. The number of fused-ring (bicyclic) bond motifs is 1. The van der Waals surface area contributed by atoms with Crippen molar-refractivity contribution in [3.63, 3.8) is 0 Å². The standard InChI is InChI=1S/C16H21N3OS/c1-4-14-16(17-7-1)19(11-13-3-2-10-21-13)15(18-14)12-5-8-20-9-6-12/h1,4,7,12-13H,2-3,5-6,8-11H2. The van der Waals surface area contributed by atoms with E-state index in [1.165, 1.54) is 24.4 Å². The third kappa shape index (κ3) is 2.69. The fourth-order valence-corrected chi connectivity index (χ4v) is 4.67. The van der Waals surface area contributed by atoms with Crippen LogP contribution in [-0.2, 0) is 11.3 Å². The minimum atomic E-state index is 0.527. The lowest BCUT2D eigenvalue weighted by atomic mass is 9.99. The van der Waals surface area contributed by atoms with Gasteiger partial charge in [-0.25, -0.2) is 9.97 Å². The minimum Gasteiger partial charge on any atom is -0.381 e. The lowest BCUT2D eigenvalue weighted by Gasteiger charge is -2.23. The molecular formula is C16H21N3OS. The second-order valence-corrected chi connectivity index (χ2v) is 7.36. The van der Waals surface area contributed by atoms with Gasteiger partial charge in [0.1, 0.15) is 11.3 Å². The molecule has 4 rings (SSSR count). The van der Waals surface area contributed by atoms with Gasteiger partial charge in [0.25, 0.3) is 0 Å². The topological polar surface area (TPSA) is 39.9 Å². The molecule has 0 bridgehead atoms. The molecule has 0 spiro atoms. The number of nitrogens with zero attached hydrogens (tertiary/aromatic N) is 3. The Kier molecular flexibility index (Phi) is 3.86. The number of imidazole rings is 1. The molecule has 21 heavy (non-hydrogen) atoms. The normalized spacial score (nSPS) is 23.9. The summed E-state index contributed by atoms with van der Waals surface area (Å²) >= 11 is 2.10. The van der Waals surface area contributed by atoms with Crippen LogP contribution < -0.4 is 0 Å². The fourth-order valence-electron chi connectivity index (χ4n) is 3.42. The van der Waals surface area contributed by atoms with Crippen molar-refractivity contribution in [1.82, 2.24) is 14.5 Å². The van der Waals surface area contributed by atoms with Crippen molar-refractivity contribution < 1.29 is 4.74 Å². The van der Waals surface area contributed by atoms with Gasteiger partial charge in [-0.2, -0.15) is 11.8 Å². The van der Waals surface area contributed by atoms with Crippen LogP contribution in [-0.4, -0.2) is 38.8 Å². The van der Waals surface area contributed by atoms with Crippen LogP contribution in [0.5, 0.6) is 0 Å². The van der Waals surface area contributed by atoms with Crippen LogP contribution in [0.25, 0.3) is 11.2 Å². The van der Waals surface area contributed by atoms with Gasteiger partial charge in [0.2, 0.25) is 0 Å². The highest BCUT2D eigenvalue weighted by atomic mass is 32.2. The highest BCUT2D eigenvalue weighted by molar-refractivity contribution is 8.00. The molecule has 2 aliphatic rings. The van der Waals surface area contributed by atoms with E-state index in [0.717, 1.165) is 49.0 Å². The molecular weight excluding hydrogens is 282 g/mol. The van der Waals surface area contributed by atoms with E-state index in [0.29, 0.717) is 5.92 Å². The smallest absolute Gasteiger partial charge is 0.160 e. The molecule has 0 saturated carbocycles. The Morgan fingerprint density at radius 2 is 2.19 bits per heavy atom. The van der Waals surface area contributed by atoms with E-state index in [4.69, 9.17) is 9.72 Å². The van der Waals surface area contributed by atoms with Gasteiger partial charge < -0.3 is 9.30 Å². The molecule has 2 fully saturated rings. The monoisotopic (exact) mass is 303 g/mol. The maximum absolute atomic E-state index is 5.51. The predicted octanol–water partition coefficient (Wildman–Crippen LogP) is 3.22. The third-order valence-electron chi connectivity index (χ3n) is 4.53. The zero-order chi connectivity index (χ0) is 14.1. The maximum Gasteiger partial charge on any atom is 0.160 e. The highest BCUT2D eigenvalue weighted by Crippen LogP contribution is 2.32. The number of pyridine rings is 1. The maximum atomic E-state index is 5.51. The largest absolute Gasteiger partial charge is 0.381 e. The summed E-state index contributed by atoms with van der Waals surface area (Å²) in [6, 6.07) is 4.07. The van der Waals surface area contributed by atoms with Gasteiger partial charge in [-0.1, -0.05) is 0 Å². The number of hydrogen-bond acceptors (Lipinski definition) is 4. The molecule has 0 aliphatic carbocycles. The Morgan fingerprint density at radius 1 is 1.29 bits per heavy atom. The van der Waals surface area contributed by atoms with Gasteiger partial charge in [0.05, 0.1) is 0 Å². The third-order valence-corrected chi connectivity index (χ3v) is 5.91. The SMILES string of the molecule is c1cnc2c(c1)nc(C1CCOCC1)n2CC1CCCS1. The van der Waals surface area contributed by atoms with E-state index in [1.54, 1.807) is 0 Å². The number of rotatable bonds is 3. The Balaban J connectivity index is 1.72. The molecule has 1 atom stereocenters. The van der Waals surface area contributed by atoms with Crippen LogP contribution in [0, 0.1) is 0 Å². The van der Waals surface area contributed by atoms with Crippen molar-refractivity contribution in [2.45, 2.75) is 43.4 Å². The lowest BCUT2D eigenvalue weighted by molar-refractivity contribution is 0.0829. The number of ether oxygens (including phenoxy) is 1. The Bertz CT molecular complexity index is 615. The van der Waals surface area contributed by atoms with Gasteiger partial charge in [-0.3, -0.25) is 0 Å². The first-order chi connectivity index (χ1) is 10.4. The van der Waals surface area contributed by atoms with Gasteiger partial charge in [0.15, 0.2) is 5.65 Å². The highest BCUT2D eigenvalue weighted by Gasteiger charge is 2.25. The molecule has 2 aromatic rings. The van der Waals surface area contributed by atoms with Crippen molar-refractivity contribution >= 4 is 22.9 Å². The predicted molar refractivity (Wildman–Crippen MR) is 85.8 cm³/mol.